The third kappa shape index (κ3) is 3.25. The lowest BCUT2D eigenvalue weighted by molar-refractivity contribution is 0.354. The molecule has 0 bridgehead atoms. The minimum atomic E-state index is -0.920. The molecule has 0 fully saturated rings. The van der Waals surface area contributed by atoms with Crippen LogP contribution in [0.25, 0.3) is 0 Å². The molecule has 0 saturated carbocycles. The highest BCUT2D eigenvalue weighted by Crippen LogP contribution is 2.33. The molecule has 2 unspecified atom stereocenters. The average molecular weight is 288 g/mol. The summed E-state index contributed by atoms with van der Waals surface area (Å²) >= 11 is 6.07. The van der Waals surface area contributed by atoms with Crippen LogP contribution in [0.5, 0.6) is 5.75 Å². The molecule has 0 aromatic heterocycles. The molecule has 0 saturated heterocycles. The molecule has 100 valence electrons. The average Bonchev–Trinajstić information content (AvgIpc) is 2.76. The van der Waals surface area contributed by atoms with Gasteiger partial charge in [0.15, 0.2) is 0 Å². The molecule has 3 nitrogen and oxygen atoms in total. The SMILES string of the molecule is CC(CN)CS(=O)Cc1cc(Cl)cc2c1OCC2. The summed E-state index contributed by atoms with van der Waals surface area (Å²) in [6.45, 7) is 3.27. The van der Waals surface area contributed by atoms with E-state index in [9.17, 15) is 4.21 Å². The standard InChI is InChI=1S/C13H18ClNO2S/c1-9(6-15)7-18(16)8-11-5-12(14)4-10-2-3-17-13(10)11/h4-5,9H,2-3,6-8,15H2,1H3. The summed E-state index contributed by atoms with van der Waals surface area (Å²) in [6.07, 6.45) is 0.884. The van der Waals surface area contributed by atoms with Gasteiger partial charge in [-0.2, -0.15) is 0 Å². The molecule has 2 N–H and O–H groups in total. The van der Waals surface area contributed by atoms with Crippen molar-refractivity contribution in [3.05, 3.63) is 28.3 Å². The number of halogens is 1. The fourth-order valence-electron chi connectivity index (χ4n) is 2.07. The molecule has 5 heteroatoms. The van der Waals surface area contributed by atoms with Crippen LogP contribution in [-0.2, 0) is 23.0 Å². The summed E-state index contributed by atoms with van der Waals surface area (Å²) in [5, 5.41) is 0.693. The van der Waals surface area contributed by atoms with E-state index in [1.54, 1.807) is 0 Å². The molecule has 1 heterocycles. The number of nitrogens with two attached hydrogens (primary N) is 1. The van der Waals surface area contributed by atoms with Gasteiger partial charge in [-0.05, 0) is 30.2 Å². The van der Waals surface area contributed by atoms with Crippen LogP contribution >= 0.6 is 11.6 Å². The van der Waals surface area contributed by atoms with Gasteiger partial charge < -0.3 is 10.5 Å². The second-order valence-electron chi connectivity index (χ2n) is 4.74. The molecule has 0 radical (unpaired) electrons. The predicted octanol–water partition coefficient (Wildman–Crippen LogP) is 2.12. The molecular formula is C13H18ClNO2S. The summed E-state index contributed by atoms with van der Waals surface area (Å²) in [6, 6.07) is 3.79. The van der Waals surface area contributed by atoms with Crippen LogP contribution in [0.2, 0.25) is 5.02 Å². The van der Waals surface area contributed by atoms with E-state index in [2.05, 4.69) is 0 Å². The molecule has 0 aliphatic carbocycles. The maximum absolute atomic E-state index is 12.0. The maximum Gasteiger partial charge on any atom is 0.126 e. The van der Waals surface area contributed by atoms with Crippen LogP contribution in [0.4, 0.5) is 0 Å². The third-order valence-corrected chi connectivity index (χ3v) is 4.81. The molecular weight excluding hydrogens is 270 g/mol. The quantitative estimate of drug-likeness (QED) is 0.902. The van der Waals surface area contributed by atoms with Crippen LogP contribution in [-0.4, -0.2) is 23.1 Å². The Morgan fingerprint density at radius 1 is 1.56 bits per heavy atom. The molecule has 1 aliphatic heterocycles. The number of benzene rings is 1. The van der Waals surface area contributed by atoms with Crippen molar-refractivity contribution >= 4 is 22.4 Å². The van der Waals surface area contributed by atoms with E-state index < -0.39 is 10.8 Å². The van der Waals surface area contributed by atoms with Gasteiger partial charge in [-0.25, -0.2) is 0 Å². The van der Waals surface area contributed by atoms with Crippen molar-refractivity contribution in [1.29, 1.82) is 0 Å². The Morgan fingerprint density at radius 2 is 2.33 bits per heavy atom. The lowest BCUT2D eigenvalue weighted by Gasteiger charge is -2.11. The first-order valence-electron chi connectivity index (χ1n) is 6.09. The van der Waals surface area contributed by atoms with E-state index >= 15 is 0 Å². The Labute approximate surface area is 115 Å². The smallest absolute Gasteiger partial charge is 0.126 e. The predicted molar refractivity (Wildman–Crippen MR) is 75.6 cm³/mol. The van der Waals surface area contributed by atoms with Crippen molar-refractivity contribution in [3.8, 4) is 5.75 Å². The second-order valence-corrected chi connectivity index (χ2v) is 6.68. The highest BCUT2D eigenvalue weighted by Gasteiger charge is 2.19. The number of ether oxygens (including phenoxy) is 1. The third-order valence-electron chi connectivity index (χ3n) is 3.01. The summed E-state index contributed by atoms with van der Waals surface area (Å²) in [7, 11) is -0.920. The Morgan fingerprint density at radius 3 is 3.06 bits per heavy atom. The van der Waals surface area contributed by atoms with Gasteiger partial charge >= 0.3 is 0 Å². The summed E-state index contributed by atoms with van der Waals surface area (Å²) in [5.74, 6) is 2.28. The fraction of sp³-hybridized carbons (Fsp3) is 0.538. The number of hydrogen-bond acceptors (Lipinski definition) is 3. The lowest BCUT2D eigenvalue weighted by Crippen LogP contribution is -2.18. The molecule has 1 aliphatic rings. The van der Waals surface area contributed by atoms with Gasteiger partial charge in [-0.3, -0.25) is 4.21 Å². The number of rotatable bonds is 5. The Balaban J connectivity index is 2.12. The van der Waals surface area contributed by atoms with Crippen molar-refractivity contribution in [2.75, 3.05) is 18.9 Å². The second kappa shape index (κ2) is 6.04. The van der Waals surface area contributed by atoms with Crippen LogP contribution in [0.3, 0.4) is 0 Å². The van der Waals surface area contributed by atoms with Gasteiger partial charge in [0.25, 0.3) is 0 Å². The summed E-state index contributed by atoms with van der Waals surface area (Å²) in [5.41, 5.74) is 7.63. The number of hydrogen-bond donors (Lipinski definition) is 1. The largest absolute Gasteiger partial charge is 0.493 e. The Bertz CT molecular complexity index is 465. The van der Waals surface area contributed by atoms with Crippen LogP contribution < -0.4 is 10.5 Å². The Kier molecular flexibility index (Phi) is 4.65. The maximum atomic E-state index is 12.0. The van der Waals surface area contributed by atoms with Gasteiger partial charge in [0, 0.05) is 33.6 Å². The number of fused-ring (bicyclic) bond motifs is 1. The van der Waals surface area contributed by atoms with Crippen LogP contribution in [0.1, 0.15) is 18.1 Å². The first kappa shape index (κ1) is 13.8. The molecule has 2 rings (SSSR count). The van der Waals surface area contributed by atoms with Crippen molar-refractivity contribution < 1.29 is 8.95 Å². The molecule has 0 spiro atoms. The van der Waals surface area contributed by atoms with E-state index in [0.717, 1.165) is 23.3 Å². The van der Waals surface area contributed by atoms with E-state index in [4.69, 9.17) is 22.1 Å². The van der Waals surface area contributed by atoms with E-state index in [1.165, 1.54) is 0 Å². The van der Waals surface area contributed by atoms with Crippen molar-refractivity contribution in [2.24, 2.45) is 11.7 Å². The van der Waals surface area contributed by atoms with E-state index in [1.807, 2.05) is 19.1 Å². The minimum absolute atomic E-state index is 0.277. The lowest BCUT2D eigenvalue weighted by atomic mass is 10.1. The van der Waals surface area contributed by atoms with Crippen molar-refractivity contribution in [3.63, 3.8) is 0 Å². The highest BCUT2D eigenvalue weighted by molar-refractivity contribution is 7.84. The molecule has 0 amide bonds. The zero-order valence-corrected chi connectivity index (χ0v) is 12.0. The van der Waals surface area contributed by atoms with Crippen molar-refractivity contribution in [1.82, 2.24) is 0 Å². The molecule has 1 aromatic rings. The van der Waals surface area contributed by atoms with E-state index in [-0.39, 0.29) is 5.92 Å². The summed E-state index contributed by atoms with van der Waals surface area (Å²) < 4.78 is 17.6. The van der Waals surface area contributed by atoms with Gasteiger partial charge in [-0.1, -0.05) is 18.5 Å². The van der Waals surface area contributed by atoms with Gasteiger partial charge in [0.2, 0.25) is 0 Å². The van der Waals surface area contributed by atoms with Gasteiger partial charge in [-0.15, -0.1) is 0 Å². The van der Waals surface area contributed by atoms with Gasteiger partial charge in [0.05, 0.1) is 12.4 Å². The van der Waals surface area contributed by atoms with Gasteiger partial charge in [0.1, 0.15) is 5.75 Å². The zero-order valence-electron chi connectivity index (χ0n) is 10.4. The first-order chi connectivity index (χ1) is 8.60. The van der Waals surface area contributed by atoms with Crippen LogP contribution in [0.15, 0.2) is 12.1 Å². The molecule has 2 atom stereocenters. The first-order valence-corrected chi connectivity index (χ1v) is 7.96. The minimum Gasteiger partial charge on any atom is -0.493 e. The monoisotopic (exact) mass is 287 g/mol. The topological polar surface area (TPSA) is 52.3 Å². The summed E-state index contributed by atoms with van der Waals surface area (Å²) in [4.78, 5) is 0. The zero-order chi connectivity index (χ0) is 13.1. The fourth-order valence-corrected chi connectivity index (χ4v) is 3.78. The van der Waals surface area contributed by atoms with Crippen LogP contribution in [0, 0.1) is 5.92 Å². The highest BCUT2D eigenvalue weighted by atomic mass is 35.5. The van der Waals surface area contributed by atoms with Crippen molar-refractivity contribution in [2.45, 2.75) is 19.1 Å². The Hall–Kier alpha value is -0.580. The van der Waals surface area contributed by atoms with E-state index in [0.29, 0.717) is 29.7 Å². The molecule has 1 aromatic carbocycles. The molecule has 18 heavy (non-hydrogen) atoms. The normalized spacial score (nSPS) is 17.1.